The molecule has 0 aliphatic carbocycles. The van der Waals surface area contributed by atoms with Crippen molar-refractivity contribution >= 4 is 45.5 Å². The largest absolute Gasteiger partial charge is 0.488 e. The van der Waals surface area contributed by atoms with E-state index in [2.05, 4.69) is 27.8 Å². The number of hydrogen-bond donors (Lipinski definition) is 1. The van der Waals surface area contributed by atoms with Crippen molar-refractivity contribution in [1.82, 2.24) is 5.32 Å². The molecule has 0 aromatic heterocycles. The molecular weight excluding hydrogens is 436 g/mol. The Morgan fingerprint density at radius 3 is 2.41 bits per heavy atom. The van der Waals surface area contributed by atoms with Gasteiger partial charge in [-0.15, -0.1) is 0 Å². The van der Waals surface area contributed by atoms with Crippen LogP contribution in [0.15, 0.2) is 59.1 Å². The van der Waals surface area contributed by atoms with Crippen LogP contribution in [0.5, 0.6) is 5.75 Å². The van der Waals surface area contributed by atoms with Crippen LogP contribution >= 0.6 is 15.9 Å². The van der Waals surface area contributed by atoms with Gasteiger partial charge in [-0.25, -0.2) is 9.69 Å². The van der Waals surface area contributed by atoms with E-state index in [1.165, 1.54) is 6.08 Å². The van der Waals surface area contributed by atoms with Gasteiger partial charge in [-0.05, 0) is 76.8 Å². The molecule has 4 amide bonds. The molecule has 1 saturated heterocycles. The highest BCUT2D eigenvalue weighted by molar-refractivity contribution is 9.10. The summed E-state index contributed by atoms with van der Waals surface area (Å²) in [5.41, 5.74) is 2.70. The molecule has 1 N–H and O–H groups in total. The van der Waals surface area contributed by atoms with Crippen LogP contribution in [-0.2, 0) is 9.59 Å². The quantitative estimate of drug-likeness (QED) is 0.415. The minimum absolute atomic E-state index is 0.129. The number of halogens is 1. The van der Waals surface area contributed by atoms with Crippen molar-refractivity contribution in [3.63, 3.8) is 0 Å². The molecule has 0 atom stereocenters. The summed E-state index contributed by atoms with van der Waals surface area (Å²) in [6.45, 7) is 7.70. The van der Waals surface area contributed by atoms with Crippen LogP contribution in [0.1, 0.15) is 16.7 Å². The SMILES string of the molecule is C=CCOc1ccc(/C=C2\C(=O)NC(=O)N(c3cc(C)cc(C)c3)C2=O)cc1Br. The van der Waals surface area contributed by atoms with E-state index in [1.807, 2.05) is 19.9 Å². The molecule has 1 aliphatic heterocycles. The zero-order valence-corrected chi connectivity index (χ0v) is 17.6. The van der Waals surface area contributed by atoms with E-state index >= 15 is 0 Å². The molecular formula is C22H19BrN2O4. The van der Waals surface area contributed by atoms with Gasteiger partial charge >= 0.3 is 6.03 Å². The van der Waals surface area contributed by atoms with Crippen LogP contribution in [0.2, 0.25) is 0 Å². The van der Waals surface area contributed by atoms with Crippen LogP contribution in [0.3, 0.4) is 0 Å². The lowest BCUT2D eigenvalue weighted by atomic mass is 10.1. The number of carbonyl (C=O) groups is 3. The van der Waals surface area contributed by atoms with Gasteiger partial charge in [-0.1, -0.05) is 24.8 Å². The number of hydrogen-bond acceptors (Lipinski definition) is 4. The third-order valence-electron chi connectivity index (χ3n) is 4.19. The second-order valence-corrected chi connectivity index (χ2v) is 7.45. The molecule has 1 fully saturated rings. The number of nitrogens with zero attached hydrogens (tertiary/aromatic N) is 1. The maximum absolute atomic E-state index is 13.0. The van der Waals surface area contributed by atoms with Gasteiger partial charge in [-0.2, -0.15) is 0 Å². The number of benzene rings is 2. The predicted molar refractivity (Wildman–Crippen MR) is 115 cm³/mol. The number of rotatable bonds is 5. The Kier molecular flexibility index (Phi) is 5.98. The number of anilines is 1. The molecule has 1 heterocycles. The Labute approximate surface area is 177 Å². The number of urea groups is 1. The third-order valence-corrected chi connectivity index (χ3v) is 4.81. The molecule has 0 bridgehead atoms. The Morgan fingerprint density at radius 1 is 1.10 bits per heavy atom. The topological polar surface area (TPSA) is 75.7 Å². The smallest absolute Gasteiger partial charge is 0.335 e. The van der Waals surface area contributed by atoms with Gasteiger partial charge in [0.2, 0.25) is 0 Å². The van der Waals surface area contributed by atoms with E-state index in [1.54, 1.807) is 36.4 Å². The highest BCUT2D eigenvalue weighted by atomic mass is 79.9. The molecule has 7 heteroatoms. The molecule has 3 rings (SSSR count). The second-order valence-electron chi connectivity index (χ2n) is 6.59. The number of amides is 4. The van der Waals surface area contributed by atoms with Crippen LogP contribution in [0.25, 0.3) is 6.08 Å². The average molecular weight is 455 g/mol. The molecule has 0 spiro atoms. The van der Waals surface area contributed by atoms with Crippen LogP contribution in [-0.4, -0.2) is 24.5 Å². The molecule has 0 radical (unpaired) electrons. The Balaban J connectivity index is 1.97. The number of barbiturate groups is 1. The van der Waals surface area contributed by atoms with Gasteiger partial charge in [0.1, 0.15) is 17.9 Å². The second kappa shape index (κ2) is 8.45. The molecule has 6 nitrogen and oxygen atoms in total. The summed E-state index contributed by atoms with van der Waals surface area (Å²) < 4.78 is 6.17. The van der Waals surface area contributed by atoms with E-state index < -0.39 is 17.8 Å². The zero-order valence-electron chi connectivity index (χ0n) is 16.0. The van der Waals surface area contributed by atoms with Crippen molar-refractivity contribution in [1.29, 1.82) is 0 Å². The normalized spacial score (nSPS) is 15.5. The van der Waals surface area contributed by atoms with Crippen molar-refractivity contribution in [2.24, 2.45) is 0 Å². The lowest BCUT2D eigenvalue weighted by Crippen LogP contribution is -2.54. The first-order valence-electron chi connectivity index (χ1n) is 8.83. The van der Waals surface area contributed by atoms with Crippen molar-refractivity contribution in [2.75, 3.05) is 11.5 Å². The molecule has 29 heavy (non-hydrogen) atoms. The fourth-order valence-corrected chi connectivity index (χ4v) is 3.52. The molecule has 2 aromatic carbocycles. The number of imide groups is 2. The van der Waals surface area contributed by atoms with Crippen molar-refractivity contribution in [3.8, 4) is 5.75 Å². The van der Waals surface area contributed by atoms with E-state index in [0.717, 1.165) is 16.0 Å². The summed E-state index contributed by atoms with van der Waals surface area (Å²) in [4.78, 5) is 38.6. The van der Waals surface area contributed by atoms with Crippen LogP contribution in [0.4, 0.5) is 10.5 Å². The van der Waals surface area contributed by atoms with Gasteiger partial charge in [0, 0.05) is 0 Å². The van der Waals surface area contributed by atoms with Gasteiger partial charge in [0.15, 0.2) is 0 Å². The Hall–Kier alpha value is -3.19. The van der Waals surface area contributed by atoms with Crippen molar-refractivity contribution < 1.29 is 19.1 Å². The first kappa shape index (κ1) is 20.5. The van der Waals surface area contributed by atoms with E-state index in [9.17, 15) is 14.4 Å². The molecule has 0 saturated carbocycles. The summed E-state index contributed by atoms with van der Waals surface area (Å²) in [5.74, 6) is -0.797. The van der Waals surface area contributed by atoms with Gasteiger partial charge in [-0.3, -0.25) is 14.9 Å². The first-order chi connectivity index (χ1) is 13.8. The lowest BCUT2D eigenvalue weighted by Gasteiger charge is -2.27. The summed E-state index contributed by atoms with van der Waals surface area (Å²) in [7, 11) is 0. The van der Waals surface area contributed by atoms with E-state index in [0.29, 0.717) is 28.1 Å². The highest BCUT2D eigenvalue weighted by Crippen LogP contribution is 2.28. The minimum Gasteiger partial charge on any atom is -0.488 e. The number of carbonyl (C=O) groups excluding carboxylic acids is 3. The maximum atomic E-state index is 13.0. The Bertz CT molecular complexity index is 1040. The lowest BCUT2D eigenvalue weighted by molar-refractivity contribution is -0.122. The summed E-state index contributed by atoms with van der Waals surface area (Å²) in [5, 5.41) is 2.23. The number of ether oxygens (including phenoxy) is 1. The zero-order chi connectivity index (χ0) is 21.1. The molecule has 148 valence electrons. The van der Waals surface area contributed by atoms with Crippen LogP contribution < -0.4 is 15.0 Å². The van der Waals surface area contributed by atoms with Gasteiger partial charge in [0.25, 0.3) is 11.8 Å². The predicted octanol–water partition coefficient (Wildman–Crippen LogP) is 4.30. The highest BCUT2D eigenvalue weighted by Gasteiger charge is 2.36. The van der Waals surface area contributed by atoms with E-state index in [-0.39, 0.29) is 5.57 Å². The van der Waals surface area contributed by atoms with Crippen molar-refractivity contribution in [2.45, 2.75) is 13.8 Å². The molecule has 1 aliphatic rings. The average Bonchev–Trinajstić information content (AvgIpc) is 2.63. The third kappa shape index (κ3) is 4.46. The number of nitrogens with one attached hydrogen (secondary N) is 1. The number of aryl methyl sites for hydroxylation is 2. The fraction of sp³-hybridized carbons (Fsp3) is 0.136. The van der Waals surface area contributed by atoms with E-state index in [4.69, 9.17) is 4.74 Å². The first-order valence-corrected chi connectivity index (χ1v) is 9.62. The fourth-order valence-electron chi connectivity index (χ4n) is 3.01. The standard InChI is InChI=1S/C22H19BrN2O4/c1-4-7-29-19-6-5-15(12-18(19)23)11-17-20(26)24-22(28)25(21(17)27)16-9-13(2)8-14(3)10-16/h4-6,8-12H,1,7H2,2-3H3,(H,24,26,28)/b17-11+. The Morgan fingerprint density at radius 2 is 1.79 bits per heavy atom. The van der Waals surface area contributed by atoms with Gasteiger partial charge in [0.05, 0.1) is 10.2 Å². The molecule has 0 unspecified atom stereocenters. The van der Waals surface area contributed by atoms with Crippen molar-refractivity contribution in [3.05, 3.63) is 75.8 Å². The summed E-state index contributed by atoms with van der Waals surface area (Å²) in [6, 6.07) is 9.78. The minimum atomic E-state index is -0.767. The summed E-state index contributed by atoms with van der Waals surface area (Å²) >= 11 is 3.41. The maximum Gasteiger partial charge on any atom is 0.335 e. The monoisotopic (exact) mass is 454 g/mol. The van der Waals surface area contributed by atoms with Gasteiger partial charge < -0.3 is 4.74 Å². The summed E-state index contributed by atoms with van der Waals surface area (Å²) in [6.07, 6.45) is 3.08. The van der Waals surface area contributed by atoms with Crippen LogP contribution in [0, 0.1) is 13.8 Å². The molecule has 2 aromatic rings.